The van der Waals surface area contributed by atoms with Gasteiger partial charge in [0.1, 0.15) is 5.82 Å². The van der Waals surface area contributed by atoms with Crippen molar-refractivity contribution in [1.29, 1.82) is 0 Å². The topological polar surface area (TPSA) is 6.48 Å². The summed E-state index contributed by atoms with van der Waals surface area (Å²) in [4.78, 5) is 2.94. The average molecular weight is 319 g/mol. The number of hydrogen-bond donors (Lipinski definition) is 0. The number of nitrogens with zero attached hydrogens (tertiary/aromatic N) is 2. The van der Waals surface area contributed by atoms with Gasteiger partial charge >= 0.3 is 0 Å². The van der Waals surface area contributed by atoms with Crippen LogP contribution in [-0.4, -0.2) is 42.4 Å². The van der Waals surface area contributed by atoms with Crippen LogP contribution < -0.4 is 0 Å². The van der Waals surface area contributed by atoms with Gasteiger partial charge in [0.2, 0.25) is 0 Å². The van der Waals surface area contributed by atoms with Gasteiger partial charge in [-0.25, -0.2) is 8.70 Å². The van der Waals surface area contributed by atoms with Crippen molar-refractivity contribution in [3.05, 3.63) is 28.5 Å². The molecule has 0 amide bonds. The molecule has 0 aromatic heterocycles. The Kier molecular flexibility index (Phi) is 4.47. The molecule has 0 radical (unpaired) electrons. The fourth-order valence-corrected chi connectivity index (χ4v) is 3.23. The van der Waals surface area contributed by atoms with Crippen LogP contribution in [0.5, 0.6) is 0 Å². The van der Waals surface area contributed by atoms with Crippen molar-refractivity contribution in [3.63, 3.8) is 0 Å². The molecule has 1 unspecified atom stereocenters. The highest BCUT2D eigenvalue weighted by Crippen LogP contribution is 2.30. The van der Waals surface area contributed by atoms with Gasteiger partial charge in [-0.15, -0.1) is 0 Å². The summed E-state index contributed by atoms with van der Waals surface area (Å²) in [6.07, 6.45) is 1.15. The summed E-state index contributed by atoms with van der Waals surface area (Å²) in [7, 11) is 4.19. The second kappa shape index (κ2) is 5.69. The molecule has 1 aliphatic rings. The number of hydrogen-bond acceptors (Lipinski definition) is 3. The lowest BCUT2D eigenvalue weighted by Crippen LogP contribution is -2.29. The smallest absolute Gasteiger partial charge is 0.139 e. The molecule has 0 N–H and O–H groups in total. The Labute approximate surface area is 114 Å². The van der Waals surface area contributed by atoms with Crippen molar-refractivity contribution in [1.82, 2.24) is 9.21 Å². The van der Waals surface area contributed by atoms with Crippen LogP contribution in [0.3, 0.4) is 0 Å². The molecule has 1 saturated heterocycles. The summed E-state index contributed by atoms with van der Waals surface area (Å²) in [5.41, 5.74) is 0. The Balaban J connectivity index is 1.98. The fraction of sp³-hybridized carbons (Fsp3) is 0.500. The highest BCUT2D eigenvalue weighted by molar-refractivity contribution is 9.10. The van der Waals surface area contributed by atoms with Gasteiger partial charge in [0, 0.05) is 23.6 Å². The van der Waals surface area contributed by atoms with Crippen LogP contribution in [0.2, 0.25) is 0 Å². The van der Waals surface area contributed by atoms with Crippen LogP contribution in [0.4, 0.5) is 4.39 Å². The molecule has 1 aromatic rings. The van der Waals surface area contributed by atoms with E-state index in [4.69, 9.17) is 0 Å². The van der Waals surface area contributed by atoms with Crippen LogP contribution >= 0.6 is 27.9 Å². The minimum Gasteiger partial charge on any atom is -0.305 e. The first-order valence-corrected chi connectivity index (χ1v) is 7.17. The third kappa shape index (κ3) is 3.44. The molecule has 1 fully saturated rings. The minimum atomic E-state index is -0.155. The maximum absolute atomic E-state index is 13.7. The van der Waals surface area contributed by atoms with Crippen LogP contribution in [0, 0.1) is 5.82 Å². The average Bonchev–Trinajstić information content (AvgIpc) is 2.71. The van der Waals surface area contributed by atoms with Crippen molar-refractivity contribution >= 4 is 27.9 Å². The lowest BCUT2D eigenvalue weighted by atomic mass is 10.2. The quantitative estimate of drug-likeness (QED) is 0.790. The first-order valence-electron chi connectivity index (χ1n) is 5.60. The van der Waals surface area contributed by atoms with E-state index in [2.05, 4.69) is 39.2 Å². The zero-order chi connectivity index (χ0) is 12.4. The fourth-order valence-electron chi connectivity index (χ4n) is 1.90. The monoisotopic (exact) mass is 318 g/mol. The molecule has 0 bridgehead atoms. The van der Waals surface area contributed by atoms with Gasteiger partial charge in [-0.3, -0.25) is 0 Å². The Hall–Kier alpha value is -0.100. The van der Waals surface area contributed by atoms with Gasteiger partial charge in [-0.2, -0.15) is 0 Å². The molecule has 1 atom stereocenters. The maximum Gasteiger partial charge on any atom is 0.139 e. The summed E-state index contributed by atoms with van der Waals surface area (Å²) in [5, 5.41) is 0. The van der Waals surface area contributed by atoms with Crippen molar-refractivity contribution < 1.29 is 4.39 Å². The second-order valence-electron chi connectivity index (χ2n) is 4.46. The molecule has 1 heterocycles. The molecule has 5 heteroatoms. The van der Waals surface area contributed by atoms with E-state index in [1.165, 1.54) is 18.0 Å². The van der Waals surface area contributed by atoms with Crippen LogP contribution in [0.25, 0.3) is 0 Å². The van der Waals surface area contributed by atoms with E-state index in [1.807, 2.05) is 12.1 Å². The van der Waals surface area contributed by atoms with Crippen LogP contribution in [-0.2, 0) is 0 Å². The van der Waals surface area contributed by atoms with E-state index >= 15 is 0 Å². The molecule has 0 spiro atoms. The normalized spacial score (nSPS) is 21.4. The summed E-state index contributed by atoms with van der Waals surface area (Å²) < 4.78 is 16.7. The van der Waals surface area contributed by atoms with Gasteiger partial charge in [-0.05, 0) is 50.7 Å². The highest BCUT2D eigenvalue weighted by Gasteiger charge is 2.25. The predicted molar refractivity (Wildman–Crippen MR) is 73.6 cm³/mol. The third-order valence-electron chi connectivity index (χ3n) is 2.98. The molecule has 0 saturated carbocycles. The molecular weight excluding hydrogens is 303 g/mol. The summed E-state index contributed by atoms with van der Waals surface area (Å²) in [6, 6.07) is 5.81. The maximum atomic E-state index is 13.7. The van der Waals surface area contributed by atoms with Crippen molar-refractivity contribution in [2.75, 3.05) is 27.2 Å². The SMILES string of the molecule is CN(C)C1CCN(Sc2ccc(Br)cc2F)C1. The molecule has 2 rings (SSSR count). The second-order valence-corrected chi connectivity index (χ2v) is 6.51. The molecule has 94 valence electrons. The lowest BCUT2D eigenvalue weighted by Gasteiger charge is -2.19. The Morgan fingerprint density at radius 2 is 2.24 bits per heavy atom. The molecule has 1 aliphatic heterocycles. The zero-order valence-corrected chi connectivity index (χ0v) is 12.4. The van der Waals surface area contributed by atoms with Gasteiger partial charge in [0.05, 0.1) is 4.90 Å². The number of rotatable bonds is 3. The number of likely N-dealkylation sites (N-methyl/N-ethyl adjacent to an activating group) is 1. The molecule has 0 aliphatic carbocycles. The van der Waals surface area contributed by atoms with Gasteiger partial charge in [0.15, 0.2) is 0 Å². The number of halogens is 2. The Morgan fingerprint density at radius 3 is 2.82 bits per heavy atom. The largest absolute Gasteiger partial charge is 0.305 e. The Morgan fingerprint density at radius 1 is 1.47 bits per heavy atom. The van der Waals surface area contributed by atoms with E-state index in [0.29, 0.717) is 10.9 Å². The Bertz CT molecular complexity index is 400. The van der Waals surface area contributed by atoms with E-state index in [-0.39, 0.29) is 5.82 Å². The third-order valence-corrected chi connectivity index (χ3v) is 4.59. The van der Waals surface area contributed by atoms with E-state index in [9.17, 15) is 4.39 Å². The first-order chi connectivity index (χ1) is 8.06. The molecule has 17 heavy (non-hydrogen) atoms. The molecule has 2 nitrogen and oxygen atoms in total. The highest BCUT2D eigenvalue weighted by atomic mass is 79.9. The van der Waals surface area contributed by atoms with E-state index in [0.717, 1.165) is 24.0 Å². The van der Waals surface area contributed by atoms with Crippen LogP contribution in [0.15, 0.2) is 27.6 Å². The predicted octanol–water partition coefficient (Wildman–Crippen LogP) is 3.23. The molecular formula is C12H16BrFN2S. The van der Waals surface area contributed by atoms with Crippen molar-refractivity contribution in [2.24, 2.45) is 0 Å². The molecule has 1 aromatic carbocycles. The lowest BCUT2D eigenvalue weighted by molar-refractivity contribution is 0.305. The summed E-state index contributed by atoms with van der Waals surface area (Å²) >= 11 is 4.79. The van der Waals surface area contributed by atoms with Crippen LogP contribution in [0.1, 0.15) is 6.42 Å². The van der Waals surface area contributed by atoms with Gasteiger partial charge in [0.25, 0.3) is 0 Å². The number of benzene rings is 1. The summed E-state index contributed by atoms with van der Waals surface area (Å²) in [6.45, 7) is 2.01. The van der Waals surface area contributed by atoms with Crippen molar-refractivity contribution in [3.8, 4) is 0 Å². The minimum absolute atomic E-state index is 0.155. The van der Waals surface area contributed by atoms with Gasteiger partial charge < -0.3 is 4.90 Å². The van der Waals surface area contributed by atoms with Gasteiger partial charge in [-0.1, -0.05) is 15.9 Å². The van der Waals surface area contributed by atoms with E-state index in [1.54, 1.807) is 0 Å². The van der Waals surface area contributed by atoms with Crippen molar-refractivity contribution in [2.45, 2.75) is 17.4 Å². The van der Waals surface area contributed by atoms with E-state index < -0.39 is 0 Å². The standard InChI is InChI=1S/C12H16BrFN2S/c1-15(2)10-5-6-16(8-10)17-12-4-3-9(13)7-11(12)14/h3-4,7,10H,5-6,8H2,1-2H3. The summed E-state index contributed by atoms with van der Waals surface area (Å²) in [5.74, 6) is -0.155. The zero-order valence-electron chi connectivity index (χ0n) is 9.99. The first kappa shape index (κ1) is 13.3.